The number of carbonyl (C=O) groups is 2. The van der Waals surface area contributed by atoms with E-state index in [2.05, 4.69) is 26.2 Å². The van der Waals surface area contributed by atoms with Crippen molar-refractivity contribution in [2.24, 2.45) is 0 Å². The van der Waals surface area contributed by atoms with Gasteiger partial charge in [-0.15, -0.1) is 11.3 Å². The Morgan fingerprint density at radius 3 is 2.56 bits per heavy atom. The first kappa shape index (κ1) is 23.7. The number of hydrogen-bond acceptors (Lipinski definition) is 7. The normalized spacial score (nSPS) is 10.8. The van der Waals surface area contributed by atoms with Crippen molar-refractivity contribution in [1.29, 1.82) is 0 Å². The van der Waals surface area contributed by atoms with Gasteiger partial charge in [0.2, 0.25) is 5.91 Å². The highest BCUT2D eigenvalue weighted by atomic mass is 79.9. The molecule has 4 rings (SSSR count). The number of aromatic nitrogens is 2. The van der Waals surface area contributed by atoms with E-state index >= 15 is 0 Å². The molecule has 2 heterocycles. The van der Waals surface area contributed by atoms with Crippen molar-refractivity contribution in [3.05, 3.63) is 86.2 Å². The highest BCUT2D eigenvalue weighted by Gasteiger charge is 2.21. The van der Waals surface area contributed by atoms with Gasteiger partial charge < -0.3 is 14.8 Å². The maximum absolute atomic E-state index is 13.0. The number of amides is 1. The zero-order valence-electron chi connectivity index (χ0n) is 18.1. The molecular weight excluding hydrogens is 522 g/mol. The molecule has 0 aliphatic carbocycles. The van der Waals surface area contributed by atoms with Crippen molar-refractivity contribution in [2.75, 3.05) is 18.5 Å². The van der Waals surface area contributed by atoms with Gasteiger partial charge in [0, 0.05) is 10.2 Å². The number of para-hydroxylation sites is 1. The predicted molar refractivity (Wildman–Crippen MR) is 134 cm³/mol. The lowest BCUT2D eigenvalue weighted by atomic mass is 10.2. The molecule has 0 unspecified atom stereocenters. The molecule has 10 heteroatoms. The third-order valence-corrected chi connectivity index (χ3v) is 6.58. The van der Waals surface area contributed by atoms with Crippen LogP contribution in [0.3, 0.4) is 0 Å². The fourth-order valence-corrected chi connectivity index (χ4v) is 4.53. The van der Waals surface area contributed by atoms with Crippen LogP contribution in [-0.2, 0) is 16.1 Å². The largest absolute Gasteiger partial charge is 0.490 e. The number of aryl methyl sites for hydroxylation is 1. The third kappa shape index (κ3) is 5.52. The van der Waals surface area contributed by atoms with Crippen molar-refractivity contribution in [3.8, 4) is 5.75 Å². The molecule has 0 atom stereocenters. The van der Waals surface area contributed by atoms with E-state index in [0.29, 0.717) is 32.1 Å². The molecule has 0 aliphatic rings. The lowest BCUT2D eigenvalue weighted by Gasteiger charge is -2.07. The summed E-state index contributed by atoms with van der Waals surface area (Å²) < 4.78 is 12.9. The first-order chi connectivity index (χ1) is 16.4. The lowest BCUT2D eigenvalue weighted by Crippen LogP contribution is -2.27. The van der Waals surface area contributed by atoms with Crippen LogP contribution in [0.4, 0.5) is 5.69 Å². The molecule has 34 heavy (non-hydrogen) atoms. The van der Waals surface area contributed by atoms with Gasteiger partial charge in [-0.2, -0.15) is 0 Å². The van der Waals surface area contributed by atoms with Gasteiger partial charge in [-0.05, 0) is 48.9 Å². The summed E-state index contributed by atoms with van der Waals surface area (Å²) in [6, 6.07) is 16.3. The fraction of sp³-hybridized carbons (Fsp3) is 0.167. The Bertz CT molecular complexity index is 1380. The van der Waals surface area contributed by atoms with Gasteiger partial charge >= 0.3 is 5.97 Å². The van der Waals surface area contributed by atoms with Crippen LogP contribution >= 0.6 is 27.3 Å². The van der Waals surface area contributed by atoms with E-state index in [1.54, 1.807) is 31.2 Å². The van der Waals surface area contributed by atoms with Crippen LogP contribution in [-0.4, -0.2) is 34.6 Å². The number of thiophene rings is 1. The Kier molecular flexibility index (Phi) is 7.39. The van der Waals surface area contributed by atoms with Gasteiger partial charge in [-0.3, -0.25) is 14.2 Å². The van der Waals surface area contributed by atoms with E-state index in [0.717, 1.165) is 15.8 Å². The molecule has 0 spiro atoms. The maximum Gasteiger partial charge on any atom is 0.348 e. The van der Waals surface area contributed by atoms with Gasteiger partial charge in [0.05, 0.1) is 11.7 Å². The zero-order valence-corrected chi connectivity index (χ0v) is 20.5. The standard InChI is InChI=1S/C24H20BrN3O5S/c1-15-20-22(34-21(15)24(31)33-12-11-32-18-5-3-2-4-6-18)26-14-28(23(20)30)13-19(29)27-17-9-7-16(25)8-10-17/h2-10,14H,11-13H2,1H3,(H,27,29). The van der Waals surface area contributed by atoms with E-state index in [1.807, 2.05) is 30.3 Å². The van der Waals surface area contributed by atoms with Crippen LogP contribution in [0.5, 0.6) is 5.75 Å². The van der Waals surface area contributed by atoms with Gasteiger partial charge in [-0.1, -0.05) is 34.1 Å². The summed E-state index contributed by atoms with van der Waals surface area (Å²) in [6.07, 6.45) is 1.31. The van der Waals surface area contributed by atoms with E-state index in [9.17, 15) is 14.4 Å². The third-order valence-electron chi connectivity index (χ3n) is 4.87. The van der Waals surface area contributed by atoms with Gasteiger partial charge in [0.25, 0.3) is 5.56 Å². The van der Waals surface area contributed by atoms with Gasteiger partial charge in [0.1, 0.15) is 35.2 Å². The van der Waals surface area contributed by atoms with Crippen LogP contribution in [0.25, 0.3) is 10.2 Å². The van der Waals surface area contributed by atoms with Crippen molar-refractivity contribution < 1.29 is 19.1 Å². The maximum atomic E-state index is 13.0. The van der Waals surface area contributed by atoms with E-state index in [-0.39, 0.29) is 25.7 Å². The molecule has 0 bridgehead atoms. The number of fused-ring (bicyclic) bond motifs is 1. The van der Waals surface area contributed by atoms with E-state index < -0.39 is 11.5 Å². The van der Waals surface area contributed by atoms with Crippen molar-refractivity contribution in [2.45, 2.75) is 13.5 Å². The molecule has 1 amide bonds. The number of halogens is 1. The molecule has 2 aromatic heterocycles. The Labute approximate surface area is 207 Å². The highest BCUT2D eigenvalue weighted by molar-refractivity contribution is 9.10. The Hall–Kier alpha value is -3.50. The summed E-state index contributed by atoms with van der Waals surface area (Å²) in [6.45, 7) is 1.74. The average Bonchev–Trinajstić information content (AvgIpc) is 3.18. The number of esters is 1. The lowest BCUT2D eigenvalue weighted by molar-refractivity contribution is -0.116. The number of hydrogen-bond donors (Lipinski definition) is 1. The second-order valence-electron chi connectivity index (χ2n) is 7.27. The predicted octanol–water partition coefficient (Wildman–Crippen LogP) is 4.40. The molecule has 174 valence electrons. The summed E-state index contributed by atoms with van der Waals surface area (Å²) in [5.41, 5.74) is 0.702. The molecule has 0 fully saturated rings. The fourth-order valence-electron chi connectivity index (χ4n) is 3.23. The van der Waals surface area contributed by atoms with Crippen molar-refractivity contribution in [1.82, 2.24) is 9.55 Å². The Morgan fingerprint density at radius 2 is 1.82 bits per heavy atom. The summed E-state index contributed by atoms with van der Waals surface area (Å²) in [5, 5.41) is 3.04. The molecule has 0 aliphatic heterocycles. The summed E-state index contributed by atoms with van der Waals surface area (Å²) in [5.74, 6) is -0.224. The minimum absolute atomic E-state index is 0.0648. The van der Waals surface area contributed by atoms with Crippen molar-refractivity contribution >= 4 is 55.0 Å². The molecule has 4 aromatic rings. The minimum Gasteiger partial charge on any atom is -0.490 e. The van der Waals surface area contributed by atoms with Crippen molar-refractivity contribution in [3.63, 3.8) is 0 Å². The minimum atomic E-state index is -0.545. The van der Waals surface area contributed by atoms with Crippen LogP contribution < -0.4 is 15.6 Å². The number of benzene rings is 2. The molecular formula is C24H20BrN3O5S. The van der Waals surface area contributed by atoms with Crippen LogP contribution in [0.1, 0.15) is 15.2 Å². The number of anilines is 1. The number of nitrogens with zero attached hydrogens (tertiary/aromatic N) is 2. The van der Waals surface area contributed by atoms with Crippen LogP contribution in [0, 0.1) is 6.92 Å². The van der Waals surface area contributed by atoms with Crippen LogP contribution in [0.2, 0.25) is 0 Å². The number of rotatable bonds is 8. The number of carbonyl (C=O) groups excluding carboxylic acids is 2. The van der Waals surface area contributed by atoms with Crippen LogP contribution in [0.15, 0.2) is 70.2 Å². The first-order valence-corrected chi connectivity index (χ1v) is 11.9. The monoisotopic (exact) mass is 541 g/mol. The Balaban J connectivity index is 1.42. The molecule has 2 aromatic carbocycles. The second-order valence-corrected chi connectivity index (χ2v) is 9.18. The topological polar surface area (TPSA) is 99.5 Å². The molecule has 8 nitrogen and oxygen atoms in total. The first-order valence-electron chi connectivity index (χ1n) is 10.3. The summed E-state index contributed by atoms with van der Waals surface area (Å²) in [4.78, 5) is 43.0. The van der Waals surface area contributed by atoms with Gasteiger partial charge in [-0.25, -0.2) is 9.78 Å². The Morgan fingerprint density at radius 1 is 1.09 bits per heavy atom. The van der Waals surface area contributed by atoms with Gasteiger partial charge in [0.15, 0.2) is 0 Å². The smallest absolute Gasteiger partial charge is 0.348 e. The SMILES string of the molecule is Cc1c(C(=O)OCCOc2ccccc2)sc2ncn(CC(=O)Nc3ccc(Br)cc3)c(=O)c12. The number of nitrogens with one attached hydrogen (secondary N) is 1. The molecule has 0 saturated heterocycles. The molecule has 1 N–H and O–H groups in total. The summed E-state index contributed by atoms with van der Waals surface area (Å²) >= 11 is 4.43. The quantitative estimate of drug-likeness (QED) is 0.262. The summed E-state index contributed by atoms with van der Waals surface area (Å²) in [7, 11) is 0. The number of ether oxygens (including phenoxy) is 2. The highest BCUT2D eigenvalue weighted by Crippen LogP contribution is 2.27. The second kappa shape index (κ2) is 10.6. The molecule has 0 radical (unpaired) electrons. The zero-order chi connectivity index (χ0) is 24.1. The molecule has 0 saturated carbocycles. The van der Waals surface area contributed by atoms with E-state index in [4.69, 9.17) is 9.47 Å². The average molecular weight is 542 g/mol. The van der Waals surface area contributed by atoms with E-state index in [1.165, 1.54) is 10.9 Å².